The van der Waals surface area contributed by atoms with Crippen molar-refractivity contribution in [3.8, 4) is 0 Å². The molecule has 1 atom stereocenters. The van der Waals surface area contributed by atoms with Crippen LogP contribution in [0.1, 0.15) is 19.4 Å². The Morgan fingerprint density at radius 1 is 1.30 bits per heavy atom. The Bertz CT molecular complexity index is 832. The summed E-state index contributed by atoms with van der Waals surface area (Å²) in [5.41, 5.74) is -1.34. The van der Waals surface area contributed by atoms with E-state index in [2.05, 4.69) is 10.3 Å². The maximum Gasteiger partial charge on any atom is 0.422 e. The smallest absolute Gasteiger partial charge is 0.320 e. The molecule has 1 aliphatic heterocycles. The Morgan fingerprint density at radius 3 is 2.37 bits per heavy atom. The van der Waals surface area contributed by atoms with Gasteiger partial charge in [-0.2, -0.15) is 13.2 Å². The molecule has 1 aromatic carbocycles. The van der Waals surface area contributed by atoms with Crippen LogP contribution in [0.2, 0.25) is 0 Å². The molecule has 0 aliphatic carbocycles. The highest BCUT2D eigenvalue weighted by molar-refractivity contribution is 7.54. The number of nitrogens with one attached hydrogen (secondary N) is 1. The summed E-state index contributed by atoms with van der Waals surface area (Å²) in [6.45, 7) is 1.96. The lowest BCUT2D eigenvalue weighted by Gasteiger charge is -2.25. The molecule has 1 N–H and O–H groups in total. The highest BCUT2D eigenvalue weighted by Crippen LogP contribution is 2.59. The third kappa shape index (κ3) is 4.34. The molecule has 1 unspecified atom stereocenters. The molecule has 148 valence electrons. The molecule has 27 heavy (non-hydrogen) atoms. The zero-order chi connectivity index (χ0) is 20.4. The summed E-state index contributed by atoms with van der Waals surface area (Å²) in [5, 5.41) is 13.2. The highest BCUT2D eigenvalue weighted by Gasteiger charge is 2.55. The normalized spacial score (nSPS) is 16.9. The van der Waals surface area contributed by atoms with E-state index < -0.39 is 41.8 Å². The van der Waals surface area contributed by atoms with Crippen molar-refractivity contribution in [2.75, 3.05) is 18.5 Å². The van der Waals surface area contributed by atoms with Crippen LogP contribution in [0.5, 0.6) is 0 Å². The molecule has 1 heterocycles. The second kappa shape index (κ2) is 7.75. The molecule has 0 fully saturated rings. The van der Waals surface area contributed by atoms with Gasteiger partial charge in [0.25, 0.3) is 11.6 Å². The van der Waals surface area contributed by atoms with Crippen LogP contribution >= 0.6 is 7.60 Å². The standard InChI is InChI=1S/C14H15F3N3O6P/c1-3-25-27(24,26-4-2)13(14(15,16)17)19-11-9-7-8(20(22)23)5-6-10(9)18-12(11)21/h5-7,13H,3-4H2,1-2H3,(H,18,19,21). The van der Waals surface area contributed by atoms with E-state index in [1.807, 2.05) is 0 Å². The first-order valence-corrected chi connectivity index (χ1v) is 9.28. The van der Waals surface area contributed by atoms with Crippen molar-refractivity contribution >= 4 is 30.6 Å². The highest BCUT2D eigenvalue weighted by atomic mass is 31.2. The van der Waals surface area contributed by atoms with Crippen LogP contribution in [-0.4, -0.2) is 41.7 Å². The Labute approximate surface area is 151 Å². The Balaban J connectivity index is 2.62. The monoisotopic (exact) mass is 409 g/mol. The first-order chi connectivity index (χ1) is 12.5. The fourth-order valence-electron chi connectivity index (χ4n) is 2.37. The average molecular weight is 409 g/mol. The van der Waals surface area contributed by atoms with Crippen molar-refractivity contribution < 1.29 is 36.5 Å². The van der Waals surface area contributed by atoms with E-state index in [1.54, 1.807) is 0 Å². The van der Waals surface area contributed by atoms with Gasteiger partial charge >= 0.3 is 13.8 Å². The van der Waals surface area contributed by atoms with Crippen LogP contribution in [0, 0.1) is 10.1 Å². The summed E-state index contributed by atoms with van der Waals surface area (Å²) < 4.78 is 62.7. The van der Waals surface area contributed by atoms with Crippen molar-refractivity contribution in [2.24, 2.45) is 4.99 Å². The van der Waals surface area contributed by atoms with Crippen LogP contribution in [-0.2, 0) is 18.4 Å². The van der Waals surface area contributed by atoms with Gasteiger partial charge in [-0.25, -0.2) is 0 Å². The van der Waals surface area contributed by atoms with Gasteiger partial charge < -0.3 is 14.4 Å². The number of anilines is 1. The van der Waals surface area contributed by atoms with Crippen molar-refractivity contribution in [1.29, 1.82) is 0 Å². The number of hydrogen-bond donors (Lipinski definition) is 1. The largest absolute Gasteiger partial charge is 0.422 e. The lowest BCUT2D eigenvalue weighted by atomic mass is 10.1. The van der Waals surface area contributed by atoms with E-state index in [1.165, 1.54) is 19.9 Å². The minimum atomic E-state index is -5.16. The number of fused-ring (bicyclic) bond motifs is 1. The molecule has 1 aliphatic rings. The summed E-state index contributed by atoms with van der Waals surface area (Å²) in [5.74, 6) is -3.98. The molecule has 0 saturated carbocycles. The molecule has 0 aromatic heterocycles. The van der Waals surface area contributed by atoms with E-state index >= 15 is 0 Å². The summed E-state index contributed by atoms with van der Waals surface area (Å²) >= 11 is 0. The van der Waals surface area contributed by atoms with E-state index in [4.69, 9.17) is 9.05 Å². The average Bonchev–Trinajstić information content (AvgIpc) is 2.86. The van der Waals surface area contributed by atoms with Crippen LogP contribution in [0.15, 0.2) is 23.2 Å². The van der Waals surface area contributed by atoms with E-state index in [0.29, 0.717) is 0 Å². The number of nitro benzene ring substituents is 1. The number of carbonyl (C=O) groups excluding carboxylic acids is 1. The number of benzene rings is 1. The third-order valence-electron chi connectivity index (χ3n) is 3.39. The Kier molecular flexibility index (Phi) is 6.03. The van der Waals surface area contributed by atoms with Gasteiger partial charge in [0, 0.05) is 17.7 Å². The van der Waals surface area contributed by atoms with Crippen LogP contribution < -0.4 is 5.32 Å². The van der Waals surface area contributed by atoms with Crippen LogP contribution in [0.4, 0.5) is 24.5 Å². The van der Waals surface area contributed by atoms with Gasteiger partial charge in [-0.1, -0.05) is 0 Å². The van der Waals surface area contributed by atoms with E-state index in [-0.39, 0.29) is 24.5 Å². The lowest BCUT2D eigenvalue weighted by Crippen LogP contribution is -2.31. The molecule has 0 spiro atoms. The van der Waals surface area contributed by atoms with Crippen LogP contribution in [0.25, 0.3) is 0 Å². The molecule has 1 aromatic rings. The Morgan fingerprint density at radius 2 is 1.89 bits per heavy atom. The van der Waals surface area contributed by atoms with Crippen LogP contribution in [0.3, 0.4) is 0 Å². The number of hydrogen-bond acceptors (Lipinski definition) is 7. The summed E-state index contributed by atoms with van der Waals surface area (Å²) in [4.78, 5) is 25.5. The minimum Gasteiger partial charge on any atom is -0.320 e. The summed E-state index contributed by atoms with van der Waals surface area (Å²) in [6, 6.07) is 3.15. The molecule has 1 amide bonds. The summed E-state index contributed by atoms with van der Waals surface area (Å²) in [6.07, 6.45) is -5.16. The van der Waals surface area contributed by atoms with Crippen molar-refractivity contribution in [3.63, 3.8) is 0 Å². The number of alkyl halides is 3. The molecule has 9 nitrogen and oxygen atoms in total. The number of non-ortho nitro benzene ring substituents is 1. The van der Waals surface area contributed by atoms with Gasteiger partial charge in [-0.15, -0.1) is 0 Å². The minimum absolute atomic E-state index is 0.0490. The number of nitrogens with zero attached hydrogens (tertiary/aromatic N) is 2. The van der Waals surface area contributed by atoms with Crippen molar-refractivity contribution in [1.82, 2.24) is 0 Å². The van der Waals surface area contributed by atoms with Gasteiger partial charge in [0.15, 0.2) is 0 Å². The predicted molar refractivity (Wildman–Crippen MR) is 89.0 cm³/mol. The van der Waals surface area contributed by atoms with E-state index in [9.17, 15) is 32.6 Å². The number of nitro groups is 1. The maximum atomic E-state index is 13.5. The van der Waals surface area contributed by atoms with Gasteiger partial charge in [0.05, 0.1) is 23.8 Å². The second-order valence-electron chi connectivity index (χ2n) is 5.21. The molecule has 13 heteroatoms. The first kappa shape index (κ1) is 21.0. The van der Waals surface area contributed by atoms with Gasteiger partial charge in [-0.05, 0) is 19.9 Å². The maximum absolute atomic E-state index is 13.5. The molecule has 0 radical (unpaired) electrons. The number of carbonyl (C=O) groups is 1. The first-order valence-electron chi connectivity index (χ1n) is 7.67. The molecule has 0 bridgehead atoms. The number of aliphatic imine (C=N–C) groups is 1. The molecular formula is C14H15F3N3O6P. The van der Waals surface area contributed by atoms with Crippen molar-refractivity contribution in [2.45, 2.75) is 25.8 Å². The van der Waals surface area contributed by atoms with Gasteiger partial charge in [-0.3, -0.25) is 24.5 Å². The fraction of sp³-hybridized carbons (Fsp3) is 0.429. The fourth-order valence-corrected chi connectivity index (χ4v) is 4.06. The molecule has 0 saturated heterocycles. The van der Waals surface area contributed by atoms with Gasteiger partial charge in [0.1, 0.15) is 5.71 Å². The molecule has 2 rings (SSSR count). The second-order valence-corrected chi connectivity index (χ2v) is 7.29. The third-order valence-corrected chi connectivity index (χ3v) is 5.64. The Hall–Kier alpha value is -2.30. The number of amides is 1. The predicted octanol–water partition coefficient (Wildman–Crippen LogP) is 3.49. The zero-order valence-electron chi connectivity index (χ0n) is 14.1. The number of halogens is 3. The van der Waals surface area contributed by atoms with Crippen molar-refractivity contribution in [3.05, 3.63) is 33.9 Å². The SMILES string of the molecule is CCOP(=O)(OCC)C(/N=C1/C(=O)Nc2ccc([N+](=O)[O-])cc21)C(F)(F)F. The quantitative estimate of drug-likeness (QED) is 0.418. The summed E-state index contributed by atoms with van der Waals surface area (Å²) in [7, 11) is -4.80. The molecular weight excluding hydrogens is 394 g/mol. The van der Waals surface area contributed by atoms with E-state index in [0.717, 1.165) is 12.1 Å². The van der Waals surface area contributed by atoms with Gasteiger partial charge in [0.2, 0.25) is 5.78 Å². The topological polar surface area (TPSA) is 120 Å². The number of rotatable bonds is 7. The zero-order valence-corrected chi connectivity index (χ0v) is 15.0. The lowest BCUT2D eigenvalue weighted by molar-refractivity contribution is -0.384.